The number of hydrogen-bond donors (Lipinski definition) is 1. The Morgan fingerprint density at radius 1 is 1.38 bits per heavy atom. The molecule has 0 saturated carbocycles. The Morgan fingerprint density at radius 2 is 2.12 bits per heavy atom. The van der Waals surface area contributed by atoms with Crippen molar-refractivity contribution in [3.05, 3.63) is 17.7 Å². The number of ether oxygens (including phenoxy) is 2. The monoisotopic (exact) mass is 220 g/mol. The summed E-state index contributed by atoms with van der Waals surface area (Å²) in [6.45, 7) is 1.03. The zero-order chi connectivity index (χ0) is 11.1. The summed E-state index contributed by atoms with van der Waals surface area (Å²) in [6.07, 6.45) is 2.18. The number of anilines is 1. The molecule has 2 aliphatic rings. The number of nitrogens with two attached hydrogens (primary N) is 1. The molecule has 1 atom stereocenters. The number of rotatable bonds is 1. The fourth-order valence-electron chi connectivity index (χ4n) is 2.49. The molecule has 0 saturated heterocycles. The summed E-state index contributed by atoms with van der Waals surface area (Å²) >= 11 is 0. The number of likely N-dealkylation sites (N-methyl/N-ethyl adjacent to an activating group) is 1. The Kier molecular flexibility index (Phi) is 2.17. The summed E-state index contributed by atoms with van der Waals surface area (Å²) in [7, 11) is 2.09. The van der Waals surface area contributed by atoms with Crippen molar-refractivity contribution in [1.82, 2.24) is 0 Å². The van der Waals surface area contributed by atoms with Crippen LogP contribution in [-0.4, -0.2) is 26.4 Å². The number of benzene rings is 1. The molecule has 1 aromatic rings. The zero-order valence-corrected chi connectivity index (χ0v) is 9.40. The zero-order valence-electron chi connectivity index (χ0n) is 9.40. The number of nitrogens with zero attached hydrogens (tertiary/aromatic N) is 1. The van der Waals surface area contributed by atoms with E-state index in [1.54, 1.807) is 0 Å². The number of hydrogen-bond acceptors (Lipinski definition) is 4. The highest BCUT2D eigenvalue weighted by atomic mass is 16.7. The predicted octanol–water partition coefficient (Wildman–Crippen LogP) is 1.12. The van der Waals surface area contributed by atoms with Crippen molar-refractivity contribution < 1.29 is 9.47 Å². The van der Waals surface area contributed by atoms with Gasteiger partial charge in [0.05, 0.1) is 0 Å². The average molecular weight is 220 g/mol. The first-order chi connectivity index (χ1) is 7.79. The first-order valence-corrected chi connectivity index (χ1v) is 5.65. The van der Waals surface area contributed by atoms with Gasteiger partial charge in [0.15, 0.2) is 11.5 Å². The molecular weight excluding hydrogens is 204 g/mol. The molecule has 0 aromatic heterocycles. The third-order valence-corrected chi connectivity index (χ3v) is 3.52. The molecule has 16 heavy (non-hydrogen) atoms. The van der Waals surface area contributed by atoms with Crippen LogP contribution in [0.15, 0.2) is 12.1 Å². The number of fused-ring (bicyclic) bond motifs is 2. The Hall–Kier alpha value is -1.42. The SMILES string of the molecule is CN1c2cc3c(cc2CCC1CN)OCO3. The highest BCUT2D eigenvalue weighted by Gasteiger charge is 2.26. The van der Waals surface area contributed by atoms with Crippen molar-refractivity contribution in [2.75, 3.05) is 25.3 Å². The van der Waals surface area contributed by atoms with Gasteiger partial charge in [-0.2, -0.15) is 0 Å². The second-order valence-corrected chi connectivity index (χ2v) is 4.37. The molecule has 4 nitrogen and oxygen atoms in total. The minimum Gasteiger partial charge on any atom is -0.454 e. The van der Waals surface area contributed by atoms with E-state index in [0.717, 1.165) is 24.3 Å². The van der Waals surface area contributed by atoms with Crippen LogP contribution in [0.5, 0.6) is 11.5 Å². The van der Waals surface area contributed by atoms with Crippen LogP contribution in [0.4, 0.5) is 5.69 Å². The third-order valence-electron chi connectivity index (χ3n) is 3.52. The van der Waals surface area contributed by atoms with E-state index in [9.17, 15) is 0 Å². The molecule has 3 rings (SSSR count). The third kappa shape index (κ3) is 1.33. The lowest BCUT2D eigenvalue weighted by Crippen LogP contribution is -2.41. The van der Waals surface area contributed by atoms with Gasteiger partial charge in [-0.15, -0.1) is 0 Å². The van der Waals surface area contributed by atoms with E-state index in [0.29, 0.717) is 19.4 Å². The lowest BCUT2D eigenvalue weighted by Gasteiger charge is -2.35. The second kappa shape index (κ2) is 3.56. The van der Waals surface area contributed by atoms with Crippen LogP contribution in [0.3, 0.4) is 0 Å². The molecule has 0 bridgehead atoms. The number of aryl methyl sites for hydroxylation is 1. The van der Waals surface area contributed by atoms with Crippen molar-refractivity contribution >= 4 is 5.69 Å². The fourth-order valence-corrected chi connectivity index (χ4v) is 2.49. The lowest BCUT2D eigenvalue weighted by atomic mass is 9.96. The van der Waals surface area contributed by atoms with E-state index in [4.69, 9.17) is 15.2 Å². The van der Waals surface area contributed by atoms with E-state index in [1.807, 2.05) is 0 Å². The first-order valence-electron chi connectivity index (χ1n) is 5.65. The average Bonchev–Trinajstić information content (AvgIpc) is 2.74. The minimum atomic E-state index is 0.336. The van der Waals surface area contributed by atoms with Crippen LogP contribution in [0.2, 0.25) is 0 Å². The highest BCUT2D eigenvalue weighted by Crippen LogP contribution is 2.41. The quantitative estimate of drug-likeness (QED) is 0.770. The molecule has 2 N–H and O–H groups in total. The van der Waals surface area contributed by atoms with E-state index < -0.39 is 0 Å². The fraction of sp³-hybridized carbons (Fsp3) is 0.500. The highest BCUT2D eigenvalue weighted by molar-refractivity contribution is 5.64. The molecule has 4 heteroatoms. The first kappa shape index (κ1) is 9.78. The van der Waals surface area contributed by atoms with Crippen LogP contribution in [0, 0.1) is 0 Å². The molecule has 0 spiro atoms. The van der Waals surface area contributed by atoms with E-state index in [1.165, 1.54) is 11.3 Å². The van der Waals surface area contributed by atoms with Gasteiger partial charge in [0.1, 0.15) is 0 Å². The molecule has 2 heterocycles. The van der Waals surface area contributed by atoms with Crippen molar-refractivity contribution in [3.8, 4) is 11.5 Å². The molecule has 86 valence electrons. The van der Waals surface area contributed by atoms with E-state index in [-0.39, 0.29) is 0 Å². The molecule has 1 aromatic carbocycles. The summed E-state index contributed by atoms with van der Waals surface area (Å²) in [5, 5.41) is 0. The summed E-state index contributed by atoms with van der Waals surface area (Å²) < 4.78 is 10.8. The van der Waals surface area contributed by atoms with Gasteiger partial charge in [-0.1, -0.05) is 0 Å². The smallest absolute Gasteiger partial charge is 0.231 e. The van der Waals surface area contributed by atoms with Crippen LogP contribution in [-0.2, 0) is 6.42 Å². The molecule has 0 amide bonds. The van der Waals surface area contributed by atoms with Crippen molar-refractivity contribution in [2.24, 2.45) is 5.73 Å². The summed E-state index contributed by atoms with van der Waals surface area (Å²) in [5.74, 6) is 1.72. The van der Waals surface area contributed by atoms with E-state index in [2.05, 4.69) is 24.1 Å². The maximum absolute atomic E-state index is 5.77. The molecule has 2 aliphatic heterocycles. The normalized spacial score (nSPS) is 22.1. The second-order valence-electron chi connectivity index (χ2n) is 4.37. The van der Waals surface area contributed by atoms with Crippen LogP contribution < -0.4 is 20.1 Å². The molecule has 1 unspecified atom stereocenters. The Bertz CT molecular complexity index is 420. The van der Waals surface area contributed by atoms with Gasteiger partial charge < -0.3 is 20.1 Å². The van der Waals surface area contributed by atoms with Gasteiger partial charge in [0.25, 0.3) is 0 Å². The Balaban J connectivity index is 2.03. The Labute approximate surface area is 94.9 Å². The molecule has 0 radical (unpaired) electrons. The maximum Gasteiger partial charge on any atom is 0.231 e. The van der Waals surface area contributed by atoms with Gasteiger partial charge in [-0.05, 0) is 24.5 Å². The van der Waals surface area contributed by atoms with Crippen LogP contribution in [0.25, 0.3) is 0 Å². The van der Waals surface area contributed by atoms with Gasteiger partial charge in [0, 0.05) is 31.4 Å². The largest absolute Gasteiger partial charge is 0.454 e. The van der Waals surface area contributed by atoms with E-state index >= 15 is 0 Å². The minimum absolute atomic E-state index is 0.336. The maximum atomic E-state index is 5.77. The molecule has 0 fully saturated rings. The summed E-state index contributed by atoms with van der Waals surface area (Å²) in [4.78, 5) is 2.25. The van der Waals surface area contributed by atoms with Crippen LogP contribution >= 0.6 is 0 Å². The predicted molar refractivity (Wildman–Crippen MR) is 62.1 cm³/mol. The lowest BCUT2D eigenvalue weighted by molar-refractivity contribution is 0.174. The Morgan fingerprint density at radius 3 is 2.88 bits per heavy atom. The van der Waals surface area contributed by atoms with Gasteiger partial charge in [-0.3, -0.25) is 0 Å². The molecule has 0 aliphatic carbocycles. The van der Waals surface area contributed by atoms with Crippen molar-refractivity contribution in [1.29, 1.82) is 0 Å². The molecular formula is C12H16N2O2. The summed E-state index contributed by atoms with van der Waals surface area (Å²) in [6, 6.07) is 4.60. The van der Waals surface area contributed by atoms with Gasteiger partial charge in [-0.25, -0.2) is 0 Å². The van der Waals surface area contributed by atoms with Gasteiger partial charge >= 0.3 is 0 Å². The topological polar surface area (TPSA) is 47.7 Å². The van der Waals surface area contributed by atoms with Crippen molar-refractivity contribution in [2.45, 2.75) is 18.9 Å². The van der Waals surface area contributed by atoms with Crippen molar-refractivity contribution in [3.63, 3.8) is 0 Å². The van der Waals surface area contributed by atoms with Gasteiger partial charge in [0.2, 0.25) is 6.79 Å². The standard InChI is InChI=1S/C12H16N2O2/c1-14-9(6-13)3-2-8-4-11-12(5-10(8)14)16-7-15-11/h4-5,9H,2-3,6-7,13H2,1H3. The summed E-state index contributed by atoms with van der Waals surface area (Å²) in [5.41, 5.74) is 8.32. The van der Waals surface area contributed by atoms with Crippen LogP contribution in [0.1, 0.15) is 12.0 Å².